The average Bonchev–Trinajstić information content (AvgIpc) is 3.32. The number of hydrogen-bond donors (Lipinski definition) is 0. The Hall–Kier alpha value is -2.86. The van der Waals surface area contributed by atoms with Crippen molar-refractivity contribution in [1.29, 1.82) is 0 Å². The molecule has 3 aromatic carbocycles. The number of likely N-dealkylation sites (tertiary alicyclic amines) is 1. The molecule has 0 spiro atoms. The molecular formula is C33H41ClN4O. The molecule has 0 atom stereocenters. The van der Waals surface area contributed by atoms with Gasteiger partial charge in [0.1, 0.15) is 18.2 Å². The van der Waals surface area contributed by atoms with Crippen molar-refractivity contribution in [3.05, 3.63) is 94.8 Å². The Morgan fingerprint density at radius 2 is 1.59 bits per heavy atom. The molecule has 5 nitrogen and oxygen atoms in total. The predicted molar refractivity (Wildman–Crippen MR) is 161 cm³/mol. The van der Waals surface area contributed by atoms with Crippen LogP contribution in [0.15, 0.2) is 72.8 Å². The van der Waals surface area contributed by atoms with E-state index in [1.807, 2.05) is 24.3 Å². The summed E-state index contributed by atoms with van der Waals surface area (Å²) < 4.78 is 8.47. The van der Waals surface area contributed by atoms with Gasteiger partial charge in [0.15, 0.2) is 0 Å². The van der Waals surface area contributed by atoms with Gasteiger partial charge < -0.3 is 14.2 Å². The normalized spacial score (nSPS) is 14.3. The highest BCUT2D eigenvalue weighted by Gasteiger charge is 2.15. The van der Waals surface area contributed by atoms with Crippen LogP contribution in [-0.4, -0.2) is 52.1 Å². The molecule has 1 aliphatic heterocycles. The molecule has 1 fully saturated rings. The van der Waals surface area contributed by atoms with Crippen LogP contribution in [-0.2, 0) is 19.7 Å². The smallest absolute Gasteiger partial charge is 0.148 e. The van der Waals surface area contributed by atoms with E-state index in [4.69, 9.17) is 21.3 Å². The van der Waals surface area contributed by atoms with Crippen molar-refractivity contribution in [1.82, 2.24) is 19.4 Å². The number of fused-ring (bicyclic) bond motifs is 1. The van der Waals surface area contributed by atoms with Crippen molar-refractivity contribution >= 4 is 22.6 Å². The fourth-order valence-electron chi connectivity index (χ4n) is 5.64. The molecule has 4 aromatic rings. The standard InChI is InChI=1S/C33H41ClN4O/c1-27-11-8-14-31-33(27)35-32(26-39-30-17-15-29(34)16-18-30)38(31)24-10-23-37(25-28-12-4-2-5-13-28)22-9-21-36-19-6-3-7-20-36/h2,4-5,8,11-18H,3,6-7,9-10,19-26H2,1H3. The fourth-order valence-corrected chi connectivity index (χ4v) is 5.76. The van der Waals surface area contributed by atoms with Crippen LogP contribution in [0.4, 0.5) is 0 Å². The maximum Gasteiger partial charge on any atom is 0.148 e. The molecule has 0 radical (unpaired) electrons. The fraction of sp³-hybridized carbons (Fsp3) is 0.424. The van der Waals surface area contributed by atoms with E-state index in [-0.39, 0.29) is 0 Å². The number of rotatable bonds is 13. The number of benzene rings is 3. The van der Waals surface area contributed by atoms with Crippen molar-refractivity contribution < 1.29 is 4.74 Å². The molecule has 1 saturated heterocycles. The zero-order chi connectivity index (χ0) is 26.9. The maximum atomic E-state index is 6.12. The Kier molecular flexibility index (Phi) is 9.92. The predicted octanol–water partition coefficient (Wildman–Crippen LogP) is 7.35. The molecule has 206 valence electrons. The summed E-state index contributed by atoms with van der Waals surface area (Å²) in [5, 5.41) is 0.709. The third-order valence-corrected chi connectivity index (χ3v) is 8.00. The summed E-state index contributed by atoms with van der Waals surface area (Å²) in [6, 6.07) is 24.9. The number of aromatic nitrogens is 2. The molecule has 0 unspecified atom stereocenters. The molecule has 2 heterocycles. The second-order valence-electron chi connectivity index (χ2n) is 10.7. The quantitative estimate of drug-likeness (QED) is 0.176. The number of para-hydroxylation sites is 1. The maximum absolute atomic E-state index is 6.12. The van der Waals surface area contributed by atoms with Gasteiger partial charge in [-0.05, 0) is 100 Å². The third kappa shape index (κ3) is 7.84. The van der Waals surface area contributed by atoms with Crippen molar-refractivity contribution in [2.24, 2.45) is 0 Å². The molecule has 39 heavy (non-hydrogen) atoms. The summed E-state index contributed by atoms with van der Waals surface area (Å²) in [4.78, 5) is 10.3. The molecule has 0 bridgehead atoms. The van der Waals surface area contributed by atoms with Crippen molar-refractivity contribution in [2.75, 3.05) is 32.7 Å². The van der Waals surface area contributed by atoms with Gasteiger partial charge in [-0.1, -0.05) is 60.5 Å². The first kappa shape index (κ1) is 27.7. The minimum Gasteiger partial charge on any atom is -0.486 e. The highest BCUT2D eigenvalue weighted by atomic mass is 35.5. The summed E-state index contributed by atoms with van der Waals surface area (Å²) in [6.45, 7) is 10.4. The lowest BCUT2D eigenvalue weighted by atomic mass is 10.1. The Balaban J connectivity index is 1.25. The van der Waals surface area contributed by atoms with Crippen LogP contribution < -0.4 is 4.74 Å². The van der Waals surface area contributed by atoms with Crippen LogP contribution in [0, 0.1) is 6.92 Å². The van der Waals surface area contributed by atoms with Gasteiger partial charge in [0, 0.05) is 24.7 Å². The molecule has 0 aliphatic carbocycles. The largest absolute Gasteiger partial charge is 0.486 e. The van der Waals surface area contributed by atoms with E-state index >= 15 is 0 Å². The summed E-state index contributed by atoms with van der Waals surface area (Å²) in [7, 11) is 0. The zero-order valence-electron chi connectivity index (χ0n) is 23.2. The number of nitrogens with zero attached hydrogens (tertiary/aromatic N) is 4. The average molecular weight is 545 g/mol. The van der Waals surface area contributed by atoms with Gasteiger partial charge in [0.2, 0.25) is 0 Å². The van der Waals surface area contributed by atoms with Crippen molar-refractivity contribution in [2.45, 2.75) is 58.7 Å². The lowest BCUT2D eigenvalue weighted by Gasteiger charge is -2.28. The van der Waals surface area contributed by atoms with E-state index in [0.29, 0.717) is 11.6 Å². The number of imidazole rings is 1. The number of halogens is 1. The number of aryl methyl sites for hydroxylation is 2. The van der Waals surface area contributed by atoms with Crippen LogP contribution in [0.2, 0.25) is 5.02 Å². The Morgan fingerprint density at radius 3 is 2.36 bits per heavy atom. The van der Waals surface area contributed by atoms with Gasteiger partial charge in [0.25, 0.3) is 0 Å². The first-order chi connectivity index (χ1) is 19.2. The molecular weight excluding hydrogens is 504 g/mol. The summed E-state index contributed by atoms with van der Waals surface area (Å²) in [6.07, 6.45) is 6.39. The Labute approximate surface area is 238 Å². The highest BCUT2D eigenvalue weighted by molar-refractivity contribution is 6.30. The van der Waals surface area contributed by atoms with Crippen LogP contribution in [0.25, 0.3) is 11.0 Å². The zero-order valence-corrected chi connectivity index (χ0v) is 24.0. The first-order valence-electron chi connectivity index (χ1n) is 14.5. The van der Waals surface area contributed by atoms with E-state index < -0.39 is 0 Å². The van der Waals surface area contributed by atoms with Gasteiger partial charge in [-0.3, -0.25) is 4.90 Å². The topological polar surface area (TPSA) is 33.5 Å². The van der Waals surface area contributed by atoms with E-state index in [1.54, 1.807) is 0 Å². The van der Waals surface area contributed by atoms with Gasteiger partial charge >= 0.3 is 0 Å². The van der Waals surface area contributed by atoms with Crippen molar-refractivity contribution in [3.8, 4) is 5.75 Å². The van der Waals surface area contributed by atoms with Gasteiger partial charge in [-0.25, -0.2) is 4.98 Å². The molecule has 6 heteroatoms. The van der Waals surface area contributed by atoms with Crippen LogP contribution in [0.3, 0.4) is 0 Å². The Bertz CT molecular complexity index is 1300. The third-order valence-electron chi connectivity index (χ3n) is 7.74. The monoisotopic (exact) mass is 544 g/mol. The van der Waals surface area contributed by atoms with E-state index in [1.165, 1.54) is 62.0 Å². The summed E-state index contributed by atoms with van der Waals surface area (Å²) >= 11 is 6.05. The SMILES string of the molecule is Cc1cccc2c1nc(COc1ccc(Cl)cc1)n2CCCN(CCCN1CCCCC1)Cc1ccccc1. The lowest BCUT2D eigenvalue weighted by Crippen LogP contribution is -2.33. The van der Waals surface area contributed by atoms with Crippen molar-refractivity contribution in [3.63, 3.8) is 0 Å². The first-order valence-corrected chi connectivity index (χ1v) is 14.9. The second kappa shape index (κ2) is 14.0. The van der Waals surface area contributed by atoms with Gasteiger partial charge in [-0.15, -0.1) is 0 Å². The minimum absolute atomic E-state index is 0.430. The number of hydrogen-bond acceptors (Lipinski definition) is 4. The van der Waals surface area contributed by atoms with E-state index in [0.717, 1.165) is 49.7 Å². The van der Waals surface area contributed by atoms with Crippen LogP contribution >= 0.6 is 11.6 Å². The minimum atomic E-state index is 0.430. The highest BCUT2D eigenvalue weighted by Crippen LogP contribution is 2.23. The summed E-state index contributed by atoms with van der Waals surface area (Å²) in [5.74, 6) is 1.77. The molecule has 1 aromatic heterocycles. The Morgan fingerprint density at radius 1 is 0.846 bits per heavy atom. The number of ether oxygens (including phenoxy) is 1. The molecule has 5 rings (SSSR count). The van der Waals surface area contributed by atoms with E-state index in [2.05, 4.69) is 69.8 Å². The second-order valence-corrected chi connectivity index (χ2v) is 11.2. The molecule has 0 saturated carbocycles. The van der Waals surface area contributed by atoms with Gasteiger partial charge in [-0.2, -0.15) is 0 Å². The van der Waals surface area contributed by atoms with Gasteiger partial charge in [0.05, 0.1) is 11.0 Å². The number of piperidine rings is 1. The molecule has 0 amide bonds. The lowest BCUT2D eigenvalue weighted by molar-refractivity contribution is 0.197. The van der Waals surface area contributed by atoms with E-state index in [9.17, 15) is 0 Å². The molecule has 0 N–H and O–H groups in total. The summed E-state index contributed by atoms with van der Waals surface area (Å²) in [5.41, 5.74) is 4.83. The molecule has 1 aliphatic rings. The van der Waals surface area contributed by atoms with Crippen LogP contribution in [0.1, 0.15) is 49.1 Å². The van der Waals surface area contributed by atoms with Crippen LogP contribution in [0.5, 0.6) is 5.75 Å².